The highest BCUT2D eigenvalue weighted by Gasteiger charge is 2.29. The topological polar surface area (TPSA) is 47.9 Å². The summed E-state index contributed by atoms with van der Waals surface area (Å²) in [5.74, 6) is 1.31. The molecule has 0 saturated carbocycles. The monoisotopic (exact) mass is 343 g/mol. The first kappa shape index (κ1) is 16.7. The molecule has 0 saturated heterocycles. The molecule has 3 rings (SSSR count). The van der Waals surface area contributed by atoms with Crippen LogP contribution in [-0.2, 0) is 15.5 Å². The summed E-state index contributed by atoms with van der Waals surface area (Å²) in [4.78, 5) is 6.07. The number of nitrogens with zero attached hydrogens (tertiary/aromatic N) is 1. The molecule has 0 amide bonds. The van der Waals surface area contributed by atoms with Gasteiger partial charge in [-0.05, 0) is 57.2 Å². The van der Waals surface area contributed by atoms with E-state index in [0.717, 1.165) is 21.8 Å². The zero-order valence-electron chi connectivity index (χ0n) is 14.3. The predicted molar refractivity (Wildman–Crippen MR) is 95.4 cm³/mol. The van der Waals surface area contributed by atoms with Gasteiger partial charge in [0.05, 0.1) is 33.9 Å². The zero-order chi connectivity index (χ0) is 17.3. The van der Waals surface area contributed by atoms with Gasteiger partial charge in [0.15, 0.2) is 0 Å². The maximum atomic E-state index is 13.1. The van der Waals surface area contributed by atoms with Gasteiger partial charge < -0.3 is 9.47 Å². The molecule has 0 spiro atoms. The summed E-state index contributed by atoms with van der Waals surface area (Å²) >= 11 is 0. The number of hydrogen-bond donors (Lipinski definition) is 0. The largest absolute Gasteiger partial charge is 0.497 e. The van der Waals surface area contributed by atoms with Crippen LogP contribution in [0.4, 0.5) is 0 Å². The number of ether oxygens (including phenoxy) is 2. The number of benzene rings is 2. The Kier molecular flexibility index (Phi) is 4.45. The molecule has 0 aromatic heterocycles. The highest BCUT2D eigenvalue weighted by molar-refractivity contribution is 7.85. The van der Waals surface area contributed by atoms with E-state index >= 15 is 0 Å². The molecule has 1 aliphatic rings. The minimum atomic E-state index is -1.31. The van der Waals surface area contributed by atoms with Crippen molar-refractivity contribution in [2.24, 2.45) is 4.99 Å². The Morgan fingerprint density at radius 2 is 1.88 bits per heavy atom. The molecule has 1 aliphatic heterocycles. The average Bonchev–Trinajstić information content (AvgIpc) is 2.94. The maximum Gasteiger partial charge on any atom is 0.218 e. The third-order valence-corrected chi connectivity index (χ3v) is 5.26. The maximum absolute atomic E-state index is 13.1. The smallest absolute Gasteiger partial charge is 0.218 e. The summed E-state index contributed by atoms with van der Waals surface area (Å²) in [5, 5.41) is 0. The molecule has 0 bridgehead atoms. The lowest BCUT2D eigenvalue weighted by Crippen LogP contribution is -2.17. The minimum Gasteiger partial charge on any atom is -0.497 e. The molecule has 126 valence electrons. The summed E-state index contributed by atoms with van der Waals surface area (Å²) in [6.07, 6.45) is 0. The molecule has 0 radical (unpaired) electrons. The molecular formula is C19H21NO3S. The summed E-state index contributed by atoms with van der Waals surface area (Å²) < 4.78 is 24.0. The van der Waals surface area contributed by atoms with Crippen molar-refractivity contribution < 1.29 is 13.7 Å². The third kappa shape index (κ3) is 3.36. The fourth-order valence-corrected chi connectivity index (χ4v) is 3.70. The van der Waals surface area contributed by atoms with Crippen LogP contribution in [0.1, 0.15) is 25.0 Å². The van der Waals surface area contributed by atoms with Gasteiger partial charge in [-0.25, -0.2) is 9.20 Å². The van der Waals surface area contributed by atoms with Crippen LogP contribution < -0.4 is 4.74 Å². The van der Waals surface area contributed by atoms with Crippen molar-refractivity contribution in [2.45, 2.75) is 36.1 Å². The van der Waals surface area contributed by atoms with Crippen molar-refractivity contribution in [3.8, 4) is 5.75 Å². The normalized spacial score (nSPS) is 17.1. The fourth-order valence-electron chi connectivity index (χ4n) is 2.52. The highest BCUT2D eigenvalue weighted by atomic mass is 32.2. The molecule has 24 heavy (non-hydrogen) atoms. The number of aryl methyl sites for hydroxylation is 1. The van der Waals surface area contributed by atoms with Crippen molar-refractivity contribution in [2.75, 3.05) is 13.7 Å². The Hall–Kier alpha value is -2.14. The van der Waals surface area contributed by atoms with Gasteiger partial charge in [0.2, 0.25) is 5.90 Å². The molecule has 5 heteroatoms. The van der Waals surface area contributed by atoms with Crippen LogP contribution in [-0.4, -0.2) is 29.4 Å². The SMILES string of the molecule is COc1ccc(S(=O)c2ccc(C)cc2C2=NC(C)(C)CO2)cc1. The van der Waals surface area contributed by atoms with E-state index in [1.807, 2.05) is 63.2 Å². The van der Waals surface area contributed by atoms with Crippen LogP contribution in [0.25, 0.3) is 0 Å². The Morgan fingerprint density at radius 1 is 1.17 bits per heavy atom. The van der Waals surface area contributed by atoms with E-state index in [2.05, 4.69) is 4.99 Å². The lowest BCUT2D eigenvalue weighted by molar-refractivity contribution is 0.279. The van der Waals surface area contributed by atoms with E-state index in [0.29, 0.717) is 17.4 Å². The Labute approximate surface area is 145 Å². The van der Waals surface area contributed by atoms with Crippen LogP contribution in [0, 0.1) is 6.92 Å². The Bertz CT molecular complexity index is 810. The molecule has 0 aliphatic carbocycles. The first-order valence-corrected chi connectivity index (χ1v) is 8.94. The van der Waals surface area contributed by atoms with Crippen molar-refractivity contribution in [3.05, 3.63) is 53.6 Å². The van der Waals surface area contributed by atoms with Crippen molar-refractivity contribution in [1.82, 2.24) is 0 Å². The first-order chi connectivity index (χ1) is 11.4. The molecule has 0 fully saturated rings. The lowest BCUT2D eigenvalue weighted by Gasteiger charge is -2.11. The van der Waals surface area contributed by atoms with Crippen molar-refractivity contribution in [1.29, 1.82) is 0 Å². The molecular weight excluding hydrogens is 322 g/mol. The number of methoxy groups -OCH3 is 1. The Balaban J connectivity index is 2.03. The Morgan fingerprint density at radius 3 is 2.46 bits per heavy atom. The summed E-state index contributed by atoms with van der Waals surface area (Å²) in [6.45, 7) is 6.58. The van der Waals surface area contributed by atoms with Gasteiger partial charge in [-0.3, -0.25) is 0 Å². The van der Waals surface area contributed by atoms with E-state index in [1.165, 1.54) is 0 Å². The zero-order valence-corrected chi connectivity index (χ0v) is 15.1. The highest BCUT2D eigenvalue weighted by Crippen LogP contribution is 2.28. The standard InChI is InChI=1S/C19H21NO3S/c1-13-5-10-17(16(11-13)18-20-19(2,3)12-23-18)24(21)15-8-6-14(22-4)7-9-15/h5-11H,12H2,1-4H3. The summed E-state index contributed by atoms with van der Waals surface area (Å²) in [7, 11) is 0.298. The first-order valence-electron chi connectivity index (χ1n) is 7.79. The summed E-state index contributed by atoms with van der Waals surface area (Å²) in [6, 6.07) is 13.1. The van der Waals surface area contributed by atoms with Crippen molar-refractivity contribution >= 4 is 16.7 Å². The molecule has 2 aromatic rings. The van der Waals surface area contributed by atoms with Gasteiger partial charge in [0.1, 0.15) is 12.4 Å². The van der Waals surface area contributed by atoms with E-state index < -0.39 is 10.8 Å². The lowest BCUT2D eigenvalue weighted by atomic mass is 10.1. The molecule has 0 N–H and O–H groups in total. The van der Waals surface area contributed by atoms with Gasteiger partial charge >= 0.3 is 0 Å². The van der Waals surface area contributed by atoms with Crippen LogP contribution >= 0.6 is 0 Å². The molecule has 1 heterocycles. The number of hydrogen-bond acceptors (Lipinski definition) is 4. The second kappa shape index (κ2) is 6.40. The molecule has 1 atom stereocenters. The van der Waals surface area contributed by atoms with Gasteiger partial charge in [-0.1, -0.05) is 11.6 Å². The van der Waals surface area contributed by atoms with Gasteiger partial charge in [0, 0.05) is 4.90 Å². The van der Waals surface area contributed by atoms with Crippen LogP contribution in [0.15, 0.2) is 57.2 Å². The van der Waals surface area contributed by atoms with Crippen LogP contribution in [0.2, 0.25) is 0 Å². The van der Waals surface area contributed by atoms with Crippen LogP contribution in [0.5, 0.6) is 5.75 Å². The van der Waals surface area contributed by atoms with Gasteiger partial charge in [0.25, 0.3) is 0 Å². The van der Waals surface area contributed by atoms with E-state index in [1.54, 1.807) is 7.11 Å². The van der Waals surface area contributed by atoms with E-state index in [-0.39, 0.29) is 5.54 Å². The quantitative estimate of drug-likeness (QED) is 0.850. The van der Waals surface area contributed by atoms with Gasteiger partial charge in [-0.2, -0.15) is 0 Å². The molecule has 4 nitrogen and oxygen atoms in total. The summed E-state index contributed by atoms with van der Waals surface area (Å²) in [5.41, 5.74) is 1.63. The van der Waals surface area contributed by atoms with E-state index in [9.17, 15) is 4.21 Å². The minimum absolute atomic E-state index is 0.252. The third-order valence-electron chi connectivity index (χ3n) is 3.81. The number of aliphatic imine (C=N–C) groups is 1. The van der Waals surface area contributed by atoms with Crippen LogP contribution in [0.3, 0.4) is 0 Å². The second-order valence-corrected chi connectivity index (χ2v) is 7.91. The van der Waals surface area contributed by atoms with Gasteiger partial charge in [-0.15, -0.1) is 0 Å². The number of rotatable bonds is 4. The second-order valence-electron chi connectivity index (χ2n) is 6.46. The molecule has 2 aromatic carbocycles. The van der Waals surface area contributed by atoms with Crippen molar-refractivity contribution in [3.63, 3.8) is 0 Å². The molecule has 1 unspecified atom stereocenters. The van der Waals surface area contributed by atoms with E-state index in [4.69, 9.17) is 9.47 Å². The predicted octanol–water partition coefficient (Wildman–Crippen LogP) is 3.73. The fraction of sp³-hybridized carbons (Fsp3) is 0.316. The average molecular weight is 343 g/mol.